The van der Waals surface area contributed by atoms with Gasteiger partial charge in [-0.15, -0.1) is 0 Å². The third kappa shape index (κ3) is 4.30. The zero-order valence-corrected chi connectivity index (χ0v) is 18.2. The lowest BCUT2D eigenvalue weighted by Gasteiger charge is -2.31. The van der Waals surface area contributed by atoms with Crippen molar-refractivity contribution in [3.8, 4) is 0 Å². The van der Waals surface area contributed by atoms with Crippen LogP contribution in [-0.4, -0.2) is 33.3 Å². The summed E-state index contributed by atoms with van der Waals surface area (Å²) in [5.41, 5.74) is 4.92. The Kier molecular flexibility index (Phi) is 6.29. The van der Waals surface area contributed by atoms with Gasteiger partial charge in [0.1, 0.15) is 5.60 Å². The van der Waals surface area contributed by atoms with Crippen molar-refractivity contribution in [1.82, 2.24) is 0 Å². The maximum absolute atomic E-state index is 12.1. The van der Waals surface area contributed by atoms with E-state index in [2.05, 4.69) is 65.3 Å². The highest BCUT2D eigenvalue weighted by molar-refractivity contribution is 5.55. The van der Waals surface area contributed by atoms with Crippen molar-refractivity contribution >= 4 is 11.4 Å². The van der Waals surface area contributed by atoms with Crippen molar-refractivity contribution in [3.05, 3.63) is 95.1 Å². The van der Waals surface area contributed by atoms with Crippen LogP contribution < -0.4 is 9.80 Å². The molecule has 3 aromatic carbocycles. The fourth-order valence-electron chi connectivity index (χ4n) is 3.70. The fourth-order valence-corrected chi connectivity index (χ4v) is 3.70. The van der Waals surface area contributed by atoms with Crippen molar-refractivity contribution in [1.29, 1.82) is 0 Å². The topological polar surface area (TPSA) is 26.7 Å². The minimum absolute atomic E-state index is 0.865. The molecule has 0 aliphatic heterocycles. The van der Waals surface area contributed by atoms with Crippen LogP contribution in [0.15, 0.2) is 72.8 Å². The van der Waals surface area contributed by atoms with E-state index < -0.39 is 5.60 Å². The molecule has 0 unspecified atom stereocenters. The number of aryl methyl sites for hydroxylation is 1. The standard InChI is InChI=1S/C26H32N2O/c1-6-7-20-8-10-21(11-9-20)26(29,22-12-16-24(17-13-22)27(2)3)23-14-18-25(19-15-23)28(4)5/h8-19,29H,6-7H2,1-5H3. The minimum atomic E-state index is -1.21. The lowest BCUT2D eigenvalue weighted by atomic mass is 9.80. The first-order valence-corrected chi connectivity index (χ1v) is 10.2. The van der Waals surface area contributed by atoms with Crippen LogP contribution in [0, 0.1) is 0 Å². The second-order valence-electron chi connectivity index (χ2n) is 8.04. The second kappa shape index (κ2) is 8.71. The molecule has 0 amide bonds. The molecule has 3 heteroatoms. The van der Waals surface area contributed by atoms with Crippen LogP contribution in [0.5, 0.6) is 0 Å². The number of aliphatic hydroxyl groups is 1. The number of rotatable bonds is 7. The third-order valence-electron chi connectivity index (χ3n) is 5.51. The van der Waals surface area contributed by atoms with Gasteiger partial charge in [0.05, 0.1) is 0 Å². The van der Waals surface area contributed by atoms with E-state index in [0.717, 1.165) is 40.9 Å². The summed E-state index contributed by atoms with van der Waals surface area (Å²) >= 11 is 0. The Labute approximate surface area is 175 Å². The second-order valence-corrected chi connectivity index (χ2v) is 8.04. The monoisotopic (exact) mass is 388 g/mol. The van der Waals surface area contributed by atoms with Crippen LogP contribution in [-0.2, 0) is 12.0 Å². The first kappa shape index (κ1) is 20.9. The average molecular weight is 389 g/mol. The third-order valence-corrected chi connectivity index (χ3v) is 5.51. The van der Waals surface area contributed by atoms with E-state index in [0.29, 0.717) is 0 Å². The first-order chi connectivity index (χ1) is 13.9. The minimum Gasteiger partial charge on any atom is -0.378 e. The molecule has 0 atom stereocenters. The molecule has 152 valence electrons. The van der Waals surface area contributed by atoms with Gasteiger partial charge in [0.15, 0.2) is 0 Å². The molecule has 3 nitrogen and oxygen atoms in total. The van der Waals surface area contributed by atoms with E-state index in [-0.39, 0.29) is 0 Å². The molecule has 3 rings (SSSR count). The number of benzene rings is 3. The summed E-state index contributed by atoms with van der Waals surface area (Å²) in [6.07, 6.45) is 2.16. The molecule has 0 bridgehead atoms. The van der Waals surface area contributed by atoms with Crippen molar-refractivity contribution in [2.75, 3.05) is 38.0 Å². The summed E-state index contributed by atoms with van der Waals surface area (Å²) in [6.45, 7) is 2.18. The summed E-state index contributed by atoms with van der Waals surface area (Å²) in [7, 11) is 8.09. The molecule has 0 radical (unpaired) electrons. The zero-order valence-electron chi connectivity index (χ0n) is 18.2. The predicted octanol–water partition coefficient (Wildman–Crippen LogP) is 5.06. The Morgan fingerprint density at radius 3 is 1.28 bits per heavy atom. The summed E-state index contributed by atoms with van der Waals surface area (Å²) in [4.78, 5) is 4.13. The molecule has 0 spiro atoms. The van der Waals surface area contributed by atoms with Crippen LogP contribution in [0.3, 0.4) is 0 Å². The van der Waals surface area contributed by atoms with Gasteiger partial charge in [-0.05, 0) is 52.9 Å². The molecule has 0 saturated heterocycles. The van der Waals surface area contributed by atoms with E-state index in [1.54, 1.807) is 0 Å². The van der Waals surface area contributed by atoms with Gasteiger partial charge in [-0.1, -0.05) is 61.9 Å². The Morgan fingerprint density at radius 2 is 0.966 bits per heavy atom. The van der Waals surface area contributed by atoms with Gasteiger partial charge < -0.3 is 14.9 Å². The molecule has 0 saturated carbocycles. The van der Waals surface area contributed by atoms with Gasteiger partial charge in [0.25, 0.3) is 0 Å². The maximum Gasteiger partial charge on any atom is 0.140 e. The normalized spacial score (nSPS) is 11.4. The molecule has 0 fully saturated rings. The van der Waals surface area contributed by atoms with E-state index in [9.17, 15) is 5.11 Å². The smallest absolute Gasteiger partial charge is 0.140 e. The average Bonchev–Trinajstić information content (AvgIpc) is 2.74. The first-order valence-electron chi connectivity index (χ1n) is 10.2. The Bertz CT molecular complexity index is 859. The largest absolute Gasteiger partial charge is 0.378 e. The lowest BCUT2D eigenvalue weighted by Crippen LogP contribution is -2.29. The Hall–Kier alpha value is -2.78. The van der Waals surface area contributed by atoms with E-state index in [4.69, 9.17) is 0 Å². The molecule has 0 aliphatic rings. The van der Waals surface area contributed by atoms with Gasteiger partial charge in [-0.2, -0.15) is 0 Å². The van der Waals surface area contributed by atoms with E-state index >= 15 is 0 Å². The van der Waals surface area contributed by atoms with Gasteiger partial charge in [0.2, 0.25) is 0 Å². The number of hydrogen-bond acceptors (Lipinski definition) is 3. The van der Waals surface area contributed by atoms with Gasteiger partial charge in [-0.25, -0.2) is 0 Å². The van der Waals surface area contributed by atoms with Crippen molar-refractivity contribution in [3.63, 3.8) is 0 Å². The molecule has 0 heterocycles. The van der Waals surface area contributed by atoms with Crippen molar-refractivity contribution < 1.29 is 5.11 Å². The summed E-state index contributed by atoms with van der Waals surface area (Å²) in [5, 5.41) is 12.1. The molecule has 1 N–H and O–H groups in total. The molecule has 29 heavy (non-hydrogen) atoms. The Balaban J connectivity index is 2.11. The number of anilines is 2. The van der Waals surface area contributed by atoms with Crippen LogP contribution in [0.1, 0.15) is 35.6 Å². The van der Waals surface area contributed by atoms with Crippen LogP contribution >= 0.6 is 0 Å². The van der Waals surface area contributed by atoms with Gasteiger partial charge in [-0.3, -0.25) is 0 Å². The van der Waals surface area contributed by atoms with Gasteiger partial charge in [0, 0.05) is 39.6 Å². The Morgan fingerprint density at radius 1 is 0.621 bits per heavy atom. The maximum atomic E-state index is 12.1. The highest BCUT2D eigenvalue weighted by atomic mass is 16.3. The van der Waals surface area contributed by atoms with Crippen LogP contribution in [0.2, 0.25) is 0 Å². The molecule has 0 aromatic heterocycles. The zero-order chi connectivity index (χ0) is 21.0. The lowest BCUT2D eigenvalue weighted by molar-refractivity contribution is 0.125. The molecular weight excluding hydrogens is 356 g/mol. The summed E-state index contributed by atoms with van der Waals surface area (Å²) in [5.74, 6) is 0. The number of nitrogens with zero attached hydrogens (tertiary/aromatic N) is 2. The highest BCUT2D eigenvalue weighted by Gasteiger charge is 2.34. The highest BCUT2D eigenvalue weighted by Crippen LogP contribution is 2.38. The van der Waals surface area contributed by atoms with Crippen molar-refractivity contribution in [2.45, 2.75) is 25.4 Å². The predicted molar refractivity (Wildman–Crippen MR) is 124 cm³/mol. The fraction of sp³-hybridized carbons (Fsp3) is 0.308. The number of hydrogen-bond donors (Lipinski definition) is 1. The van der Waals surface area contributed by atoms with Crippen LogP contribution in [0.25, 0.3) is 0 Å². The quantitative estimate of drug-likeness (QED) is 0.574. The van der Waals surface area contributed by atoms with Crippen molar-refractivity contribution in [2.24, 2.45) is 0 Å². The van der Waals surface area contributed by atoms with E-state index in [1.165, 1.54) is 5.56 Å². The van der Waals surface area contributed by atoms with E-state index in [1.807, 2.05) is 52.5 Å². The van der Waals surface area contributed by atoms with Crippen LogP contribution in [0.4, 0.5) is 11.4 Å². The molecule has 3 aromatic rings. The summed E-state index contributed by atoms with van der Waals surface area (Å²) in [6, 6.07) is 24.7. The van der Waals surface area contributed by atoms with Gasteiger partial charge >= 0.3 is 0 Å². The summed E-state index contributed by atoms with van der Waals surface area (Å²) < 4.78 is 0. The molecule has 0 aliphatic carbocycles. The molecular formula is C26H32N2O. The SMILES string of the molecule is CCCc1ccc(C(O)(c2ccc(N(C)C)cc2)c2ccc(N(C)C)cc2)cc1.